The number of nitrogens with two attached hydrogens (primary N) is 1. The Balaban J connectivity index is 1.53. The normalized spacial score (nSPS) is 17.9. The molecule has 6 nitrogen and oxygen atoms in total. The van der Waals surface area contributed by atoms with Gasteiger partial charge in [0.05, 0.1) is 13.2 Å². The molecule has 3 N–H and O–H groups in total. The van der Waals surface area contributed by atoms with E-state index in [0.29, 0.717) is 32.3 Å². The van der Waals surface area contributed by atoms with Crippen molar-refractivity contribution in [2.24, 2.45) is 10.7 Å². The maximum absolute atomic E-state index is 6.25. The SMILES string of the molecule is COCc1ccccc1NC(N)=NCC1(c2ccc3c(c2)OCCO3)CCCC1. The van der Waals surface area contributed by atoms with Gasteiger partial charge >= 0.3 is 0 Å². The molecule has 0 bridgehead atoms. The molecule has 0 saturated heterocycles. The molecular formula is C23H29N3O3. The molecule has 1 heterocycles. The molecule has 6 heteroatoms. The third-order valence-corrected chi connectivity index (χ3v) is 5.85. The smallest absolute Gasteiger partial charge is 0.193 e. The van der Waals surface area contributed by atoms with E-state index < -0.39 is 0 Å². The molecular weight excluding hydrogens is 366 g/mol. The van der Waals surface area contributed by atoms with Crippen molar-refractivity contribution in [3.63, 3.8) is 0 Å². The van der Waals surface area contributed by atoms with Gasteiger partial charge in [-0.3, -0.25) is 4.99 Å². The van der Waals surface area contributed by atoms with Gasteiger partial charge in [-0.1, -0.05) is 37.1 Å². The number of hydrogen-bond donors (Lipinski definition) is 2. The number of para-hydroxylation sites is 1. The Morgan fingerprint density at radius 2 is 1.86 bits per heavy atom. The second-order valence-corrected chi connectivity index (χ2v) is 7.76. The van der Waals surface area contributed by atoms with Crippen LogP contribution in [-0.4, -0.2) is 32.8 Å². The standard InChI is InChI=1S/C23H29N3O3/c1-27-15-17-6-2-3-7-19(17)26-22(24)25-16-23(10-4-5-11-23)18-8-9-20-21(14-18)29-13-12-28-20/h2-3,6-9,14H,4-5,10-13,15-16H2,1H3,(H3,24,25,26). The molecule has 2 aromatic rings. The van der Waals surface area contributed by atoms with E-state index in [0.717, 1.165) is 35.6 Å². The summed E-state index contributed by atoms with van der Waals surface area (Å²) in [7, 11) is 1.69. The molecule has 29 heavy (non-hydrogen) atoms. The van der Waals surface area contributed by atoms with Gasteiger partial charge in [0, 0.05) is 23.8 Å². The maximum atomic E-state index is 6.25. The molecule has 154 valence electrons. The van der Waals surface area contributed by atoms with Crippen LogP contribution in [0, 0.1) is 0 Å². The van der Waals surface area contributed by atoms with E-state index in [4.69, 9.17) is 24.9 Å². The lowest BCUT2D eigenvalue weighted by molar-refractivity contribution is 0.171. The minimum atomic E-state index is -0.00577. The maximum Gasteiger partial charge on any atom is 0.193 e. The largest absolute Gasteiger partial charge is 0.486 e. The summed E-state index contributed by atoms with van der Waals surface area (Å²) in [6.45, 7) is 2.38. The van der Waals surface area contributed by atoms with Crippen LogP contribution in [0.15, 0.2) is 47.5 Å². The summed E-state index contributed by atoms with van der Waals surface area (Å²) in [5.41, 5.74) is 9.48. The van der Waals surface area contributed by atoms with Crippen molar-refractivity contribution >= 4 is 11.6 Å². The van der Waals surface area contributed by atoms with Gasteiger partial charge in [0.15, 0.2) is 17.5 Å². The highest BCUT2D eigenvalue weighted by Gasteiger charge is 2.36. The number of guanidine groups is 1. The second kappa shape index (κ2) is 8.74. The predicted molar refractivity (Wildman–Crippen MR) is 115 cm³/mol. The molecule has 0 spiro atoms. The van der Waals surface area contributed by atoms with E-state index in [1.54, 1.807) is 7.11 Å². The highest BCUT2D eigenvalue weighted by atomic mass is 16.6. The van der Waals surface area contributed by atoms with Crippen LogP contribution in [0.2, 0.25) is 0 Å². The van der Waals surface area contributed by atoms with E-state index >= 15 is 0 Å². The molecule has 0 aromatic heterocycles. The number of nitrogens with one attached hydrogen (secondary N) is 1. The van der Waals surface area contributed by atoms with E-state index in [-0.39, 0.29) is 5.41 Å². The van der Waals surface area contributed by atoms with Crippen LogP contribution in [-0.2, 0) is 16.8 Å². The molecule has 2 aromatic carbocycles. The number of methoxy groups -OCH3 is 1. The van der Waals surface area contributed by atoms with Crippen molar-refractivity contribution < 1.29 is 14.2 Å². The molecule has 1 fully saturated rings. The fourth-order valence-electron chi connectivity index (χ4n) is 4.30. The lowest BCUT2D eigenvalue weighted by Gasteiger charge is -2.29. The summed E-state index contributed by atoms with van der Waals surface area (Å²) in [6, 6.07) is 14.3. The fourth-order valence-corrected chi connectivity index (χ4v) is 4.30. The Morgan fingerprint density at radius 1 is 1.10 bits per heavy atom. The van der Waals surface area contributed by atoms with Crippen molar-refractivity contribution in [1.29, 1.82) is 0 Å². The Bertz CT molecular complexity index is 875. The van der Waals surface area contributed by atoms with Gasteiger partial charge in [-0.25, -0.2) is 0 Å². The Morgan fingerprint density at radius 3 is 2.66 bits per heavy atom. The zero-order valence-corrected chi connectivity index (χ0v) is 16.9. The summed E-state index contributed by atoms with van der Waals surface area (Å²) in [5.74, 6) is 2.09. The van der Waals surface area contributed by atoms with Crippen molar-refractivity contribution in [2.45, 2.75) is 37.7 Å². The third-order valence-electron chi connectivity index (χ3n) is 5.85. The van der Waals surface area contributed by atoms with Gasteiger partial charge in [0.1, 0.15) is 13.2 Å². The number of anilines is 1. The van der Waals surface area contributed by atoms with Crippen molar-refractivity contribution in [3.8, 4) is 11.5 Å². The van der Waals surface area contributed by atoms with Gasteiger partial charge < -0.3 is 25.3 Å². The Hall–Kier alpha value is -2.73. The number of ether oxygens (including phenoxy) is 3. The summed E-state index contributed by atoms with van der Waals surface area (Å²) >= 11 is 0. The molecule has 0 radical (unpaired) electrons. The first-order valence-corrected chi connectivity index (χ1v) is 10.2. The van der Waals surface area contributed by atoms with Crippen LogP contribution in [0.4, 0.5) is 5.69 Å². The minimum Gasteiger partial charge on any atom is -0.486 e. The quantitative estimate of drug-likeness (QED) is 0.574. The molecule has 0 unspecified atom stereocenters. The number of rotatable bonds is 6. The molecule has 0 amide bonds. The van der Waals surface area contributed by atoms with Gasteiger partial charge in [-0.05, 0) is 36.6 Å². The predicted octanol–water partition coefficient (Wildman–Crippen LogP) is 3.84. The zero-order valence-electron chi connectivity index (χ0n) is 16.9. The van der Waals surface area contributed by atoms with Crippen LogP contribution < -0.4 is 20.5 Å². The van der Waals surface area contributed by atoms with Crippen LogP contribution in [0.25, 0.3) is 0 Å². The zero-order chi connectivity index (χ0) is 20.1. The number of hydrogen-bond acceptors (Lipinski definition) is 4. The van der Waals surface area contributed by atoms with Crippen molar-refractivity contribution in [2.75, 3.05) is 32.2 Å². The van der Waals surface area contributed by atoms with Crippen molar-refractivity contribution in [3.05, 3.63) is 53.6 Å². The van der Waals surface area contributed by atoms with Crippen LogP contribution in [0.5, 0.6) is 11.5 Å². The fraction of sp³-hybridized carbons (Fsp3) is 0.435. The first-order chi connectivity index (χ1) is 14.2. The highest BCUT2D eigenvalue weighted by molar-refractivity contribution is 5.93. The van der Waals surface area contributed by atoms with Crippen LogP contribution >= 0.6 is 0 Å². The molecule has 0 atom stereocenters. The third kappa shape index (κ3) is 4.32. The lowest BCUT2D eigenvalue weighted by atomic mass is 9.79. The minimum absolute atomic E-state index is 0.00577. The van der Waals surface area contributed by atoms with E-state index in [2.05, 4.69) is 17.4 Å². The number of nitrogens with zero attached hydrogens (tertiary/aromatic N) is 1. The van der Waals surface area contributed by atoms with E-state index in [1.807, 2.05) is 30.3 Å². The highest BCUT2D eigenvalue weighted by Crippen LogP contribution is 2.44. The molecule has 4 rings (SSSR count). The first kappa shape index (κ1) is 19.6. The number of benzene rings is 2. The Kier molecular flexibility index (Phi) is 5.90. The number of aliphatic imine (C=N–C) groups is 1. The number of fused-ring (bicyclic) bond motifs is 1. The van der Waals surface area contributed by atoms with Gasteiger partial charge in [-0.15, -0.1) is 0 Å². The van der Waals surface area contributed by atoms with Gasteiger partial charge in [-0.2, -0.15) is 0 Å². The van der Waals surface area contributed by atoms with Crippen LogP contribution in [0.1, 0.15) is 36.8 Å². The summed E-state index contributed by atoms with van der Waals surface area (Å²) in [6.07, 6.45) is 4.61. The average molecular weight is 396 g/mol. The monoisotopic (exact) mass is 395 g/mol. The molecule has 2 aliphatic rings. The summed E-state index contributed by atoms with van der Waals surface area (Å²) in [4.78, 5) is 4.73. The van der Waals surface area contributed by atoms with Crippen molar-refractivity contribution in [1.82, 2.24) is 0 Å². The molecule has 1 aliphatic heterocycles. The average Bonchev–Trinajstić information content (AvgIpc) is 3.24. The Labute approximate surface area is 172 Å². The lowest BCUT2D eigenvalue weighted by Crippen LogP contribution is -2.30. The second-order valence-electron chi connectivity index (χ2n) is 7.76. The topological polar surface area (TPSA) is 78.1 Å². The van der Waals surface area contributed by atoms with E-state index in [1.165, 1.54) is 18.4 Å². The van der Waals surface area contributed by atoms with Gasteiger partial charge in [0.25, 0.3) is 0 Å². The summed E-state index contributed by atoms with van der Waals surface area (Å²) < 4.78 is 16.7. The molecule has 1 saturated carbocycles. The van der Waals surface area contributed by atoms with E-state index in [9.17, 15) is 0 Å². The summed E-state index contributed by atoms with van der Waals surface area (Å²) in [5, 5.41) is 3.24. The first-order valence-electron chi connectivity index (χ1n) is 10.2. The van der Waals surface area contributed by atoms with Gasteiger partial charge in [0.2, 0.25) is 0 Å². The molecule has 1 aliphatic carbocycles. The van der Waals surface area contributed by atoms with Crippen LogP contribution in [0.3, 0.4) is 0 Å².